The molecule has 4 nitrogen and oxygen atoms in total. The summed E-state index contributed by atoms with van der Waals surface area (Å²) in [4.78, 5) is 8.38. The molecule has 0 atom stereocenters. The molecule has 19 heavy (non-hydrogen) atoms. The Balaban J connectivity index is 1.85. The van der Waals surface area contributed by atoms with Crippen LogP contribution in [0.1, 0.15) is 25.1 Å². The van der Waals surface area contributed by atoms with Crippen LogP contribution in [0.3, 0.4) is 0 Å². The van der Waals surface area contributed by atoms with E-state index in [-0.39, 0.29) is 0 Å². The van der Waals surface area contributed by atoms with Crippen molar-refractivity contribution in [3.8, 4) is 0 Å². The lowest BCUT2D eigenvalue weighted by molar-refractivity contribution is 0.533. The Morgan fingerprint density at radius 1 is 1.26 bits per heavy atom. The van der Waals surface area contributed by atoms with Crippen molar-refractivity contribution in [1.29, 1.82) is 0 Å². The SMILES string of the molecule is CC(C)CNCc1cncn1CCc1cccnc1. The maximum atomic E-state index is 4.24. The summed E-state index contributed by atoms with van der Waals surface area (Å²) in [5, 5.41) is 3.45. The van der Waals surface area contributed by atoms with Crippen LogP contribution < -0.4 is 5.32 Å². The first-order valence-electron chi connectivity index (χ1n) is 6.84. The molecule has 2 aromatic rings. The van der Waals surface area contributed by atoms with Crippen LogP contribution >= 0.6 is 0 Å². The number of imidazole rings is 1. The van der Waals surface area contributed by atoms with Gasteiger partial charge < -0.3 is 9.88 Å². The summed E-state index contributed by atoms with van der Waals surface area (Å²) >= 11 is 0. The Morgan fingerprint density at radius 2 is 2.16 bits per heavy atom. The van der Waals surface area contributed by atoms with Crippen LogP contribution in [0, 0.1) is 5.92 Å². The minimum Gasteiger partial charge on any atom is -0.333 e. The van der Waals surface area contributed by atoms with Gasteiger partial charge in [-0.1, -0.05) is 19.9 Å². The fraction of sp³-hybridized carbons (Fsp3) is 0.467. The molecule has 0 amide bonds. The van der Waals surface area contributed by atoms with Gasteiger partial charge in [0.05, 0.1) is 12.0 Å². The second-order valence-corrected chi connectivity index (χ2v) is 5.21. The molecule has 102 valence electrons. The maximum absolute atomic E-state index is 4.24. The number of pyridine rings is 1. The molecule has 0 saturated heterocycles. The molecular formula is C15H22N4. The van der Waals surface area contributed by atoms with Crippen LogP contribution in [0.15, 0.2) is 37.1 Å². The molecule has 0 aromatic carbocycles. The van der Waals surface area contributed by atoms with Crippen molar-refractivity contribution in [1.82, 2.24) is 19.9 Å². The second kappa shape index (κ2) is 7.04. The van der Waals surface area contributed by atoms with E-state index in [9.17, 15) is 0 Å². The normalized spacial score (nSPS) is 11.1. The molecule has 0 unspecified atom stereocenters. The first-order valence-corrected chi connectivity index (χ1v) is 6.84. The summed E-state index contributed by atoms with van der Waals surface area (Å²) < 4.78 is 2.21. The average Bonchev–Trinajstić information content (AvgIpc) is 2.85. The summed E-state index contributed by atoms with van der Waals surface area (Å²) in [5.74, 6) is 0.673. The van der Waals surface area contributed by atoms with E-state index in [1.54, 1.807) is 0 Å². The van der Waals surface area contributed by atoms with Gasteiger partial charge in [-0.3, -0.25) is 4.98 Å². The highest BCUT2D eigenvalue weighted by atomic mass is 15.1. The summed E-state index contributed by atoms with van der Waals surface area (Å²) in [6.07, 6.45) is 8.57. The Kier molecular flexibility index (Phi) is 5.10. The standard InChI is InChI=1S/C15H22N4/c1-13(2)8-17-10-15-11-18-12-19(15)7-5-14-4-3-6-16-9-14/h3-4,6,9,11-13,17H,5,7-8,10H2,1-2H3. The Hall–Kier alpha value is -1.68. The molecule has 0 bridgehead atoms. The van der Waals surface area contributed by atoms with Gasteiger partial charge in [0.15, 0.2) is 0 Å². The predicted molar refractivity (Wildman–Crippen MR) is 76.7 cm³/mol. The van der Waals surface area contributed by atoms with E-state index in [1.165, 1.54) is 11.3 Å². The van der Waals surface area contributed by atoms with Crippen LogP contribution in [0.2, 0.25) is 0 Å². The topological polar surface area (TPSA) is 42.7 Å². The van der Waals surface area contributed by atoms with E-state index in [1.807, 2.05) is 31.0 Å². The van der Waals surface area contributed by atoms with Crippen LogP contribution in [0.25, 0.3) is 0 Å². The maximum Gasteiger partial charge on any atom is 0.0948 e. The second-order valence-electron chi connectivity index (χ2n) is 5.21. The Bertz CT molecular complexity index is 476. The highest BCUT2D eigenvalue weighted by Gasteiger charge is 2.03. The molecule has 4 heteroatoms. The zero-order valence-electron chi connectivity index (χ0n) is 11.7. The van der Waals surface area contributed by atoms with Gasteiger partial charge in [-0.25, -0.2) is 4.98 Å². The Morgan fingerprint density at radius 3 is 2.89 bits per heavy atom. The molecule has 1 N–H and O–H groups in total. The summed E-state index contributed by atoms with van der Waals surface area (Å²) in [5.41, 5.74) is 2.50. The van der Waals surface area contributed by atoms with Gasteiger partial charge in [0, 0.05) is 31.7 Å². The highest BCUT2D eigenvalue weighted by molar-refractivity contribution is 5.09. The number of rotatable bonds is 7. The van der Waals surface area contributed by atoms with Crippen molar-refractivity contribution >= 4 is 0 Å². The molecule has 0 radical (unpaired) electrons. The molecule has 0 fully saturated rings. The number of aryl methyl sites for hydroxylation is 2. The smallest absolute Gasteiger partial charge is 0.0948 e. The molecule has 0 aliphatic rings. The number of nitrogens with zero attached hydrogens (tertiary/aromatic N) is 3. The Labute approximate surface area is 114 Å². The first-order chi connectivity index (χ1) is 9.25. The van der Waals surface area contributed by atoms with Gasteiger partial charge >= 0.3 is 0 Å². The fourth-order valence-electron chi connectivity index (χ4n) is 1.98. The number of aromatic nitrogens is 3. The highest BCUT2D eigenvalue weighted by Crippen LogP contribution is 2.04. The lowest BCUT2D eigenvalue weighted by Crippen LogP contribution is -2.21. The third-order valence-electron chi connectivity index (χ3n) is 3.02. The van der Waals surface area contributed by atoms with Crippen molar-refractivity contribution in [2.45, 2.75) is 33.4 Å². The van der Waals surface area contributed by atoms with Crippen molar-refractivity contribution in [2.24, 2.45) is 5.92 Å². The van der Waals surface area contributed by atoms with Crippen LogP contribution in [-0.2, 0) is 19.5 Å². The van der Waals surface area contributed by atoms with E-state index in [0.717, 1.165) is 26.1 Å². The lowest BCUT2D eigenvalue weighted by Gasteiger charge is -2.10. The summed E-state index contributed by atoms with van der Waals surface area (Å²) in [6.45, 7) is 7.29. The third-order valence-corrected chi connectivity index (χ3v) is 3.02. The van der Waals surface area contributed by atoms with E-state index >= 15 is 0 Å². The molecule has 2 rings (SSSR count). The van der Waals surface area contributed by atoms with Crippen molar-refractivity contribution in [3.63, 3.8) is 0 Å². The van der Waals surface area contributed by atoms with Gasteiger partial charge in [0.2, 0.25) is 0 Å². The monoisotopic (exact) mass is 258 g/mol. The molecule has 0 spiro atoms. The minimum absolute atomic E-state index is 0.673. The molecule has 0 aliphatic carbocycles. The van der Waals surface area contributed by atoms with E-state index in [2.05, 4.69) is 39.8 Å². The summed E-state index contributed by atoms with van der Waals surface area (Å²) in [6, 6.07) is 4.09. The van der Waals surface area contributed by atoms with Crippen LogP contribution in [0.4, 0.5) is 0 Å². The zero-order chi connectivity index (χ0) is 13.5. The zero-order valence-corrected chi connectivity index (χ0v) is 11.7. The average molecular weight is 258 g/mol. The number of nitrogens with one attached hydrogen (secondary N) is 1. The van der Waals surface area contributed by atoms with Gasteiger partial charge in [0.1, 0.15) is 0 Å². The molecular weight excluding hydrogens is 236 g/mol. The number of hydrogen-bond acceptors (Lipinski definition) is 3. The lowest BCUT2D eigenvalue weighted by atomic mass is 10.2. The summed E-state index contributed by atoms with van der Waals surface area (Å²) in [7, 11) is 0. The largest absolute Gasteiger partial charge is 0.333 e. The first kappa shape index (κ1) is 13.7. The molecule has 2 aromatic heterocycles. The van der Waals surface area contributed by atoms with Crippen LogP contribution in [-0.4, -0.2) is 21.1 Å². The van der Waals surface area contributed by atoms with Gasteiger partial charge in [-0.2, -0.15) is 0 Å². The third kappa shape index (κ3) is 4.48. The quantitative estimate of drug-likeness (QED) is 0.828. The molecule has 2 heterocycles. The van der Waals surface area contributed by atoms with Crippen LogP contribution in [0.5, 0.6) is 0 Å². The van der Waals surface area contributed by atoms with E-state index in [4.69, 9.17) is 0 Å². The van der Waals surface area contributed by atoms with E-state index < -0.39 is 0 Å². The van der Waals surface area contributed by atoms with Gasteiger partial charge in [-0.15, -0.1) is 0 Å². The molecule has 0 saturated carbocycles. The van der Waals surface area contributed by atoms with E-state index in [0.29, 0.717) is 5.92 Å². The van der Waals surface area contributed by atoms with Crippen molar-refractivity contribution in [3.05, 3.63) is 48.3 Å². The van der Waals surface area contributed by atoms with Crippen molar-refractivity contribution < 1.29 is 0 Å². The van der Waals surface area contributed by atoms with Gasteiger partial charge in [-0.05, 0) is 30.5 Å². The predicted octanol–water partition coefficient (Wildman–Crippen LogP) is 2.27. The molecule has 0 aliphatic heterocycles. The minimum atomic E-state index is 0.673. The fourth-order valence-corrected chi connectivity index (χ4v) is 1.98. The van der Waals surface area contributed by atoms with Gasteiger partial charge in [0.25, 0.3) is 0 Å². The number of hydrogen-bond donors (Lipinski definition) is 1. The van der Waals surface area contributed by atoms with Crippen molar-refractivity contribution in [2.75, 3.05) is 6.54 Å².